The van der Waals surface area contributed by atoms with Crippen molar-refractivity contribution >= 4 is 0 Å². The van der Waals surface area contributed by atoms with Crippen molar-refractivity contribution < 1.29 is 0 Å². The first-order chi connectivity index (χ1) is 5.19. The Labute approximate surface area is 69.4 Å². The van der Waals surface area contributed by atoms with Crippen LogP contribution in [0.1, 0.15) is 39.5 Å². The molecule has 5 unspecified atom stereocenters. The molecule has 0 aromatic rings. The number of fused-ring (bicyclic) bond motifs is 1. The van der Waals surface area contributed by atoms with E-state index < -0.39 is 0 Å². The number of hydrogen-bond donors (Lipinski definition) is 0. The fourth-order valence-electron chi connectivity index (χ4n) is 4.37. The molecule has 0 nitrogen and oxygen atoms in total. The summed E-state index contributed by atoms with van der Waals surface area (Å²) in [5.41, 5.74) is 0.820. The van der Waals surface area contributed by atoms with E-state index in [1.807, 2.05) is 0 Å². The molecule has 62 valence electrons. The highest BCUT2D eigenvalue weighted by Crippen LogP contribution is 2.68. The summed E-state index contributed by atoms with van der Waals surface area (Å²) in [6.07, 6.45) is 6.28. The van der Waals surface area contributed by atoms with Crippen molar-refractivity contribution in [2.45, 2.75) is 39.5 Å². The Morgan fingerprint density at radius 3 is 2.64 bits per heavy atom. The quantitative estimate of drug-likeness (QED) is 0.498. The van der Waals surface area contributed by atoms with Crippen molar-refractivity contribution in [1.82, 2.24) is 0 Å². The van der Waals surface area contributed by atoms with Gasteiger partial charge in [0.2, 0.25) is 0 Å². The van der Waals surface area contributed by atoms with Crippen LogP contribution in [-0.2, 0) is 0 Å². The second-order valence-corrected chi connectivity index (χ2v) is 5.64. The van der Waals surface area contributed by atoms with Gasteiger partial charge in [-0.1, -0.05) is 13.8 Å². The van der Waals surface area contributed by atoms with Gasteiger partial charge in [-0.15, -0.1) is 0 Å². The van der Waals surface area contributed by atoms with Gasteiger partial charge in [0.05, 0.1) is 0 Å². The van der Waals surface area contributed by atoms with Crippen LogP contribution >= 0.6 is 0 Å². The molecule has 11 heavy (non-hydrogen) atoms. The third-order valence-corrected chi connectivity index (χ3v) is 4.96. The molecule has 3 fully saturated rings. The summed E-state index contributed by atoms with van der Waals surface area (Å²) < 4.78 is 0. The molecule has 3 aliphatic carbocycles. The van der Waals surface area contributed by atoms with Crippen LogP contribution in [0.3, 0.4) is 0 Å². The second-order valence-electron chi connectivity index (χ2n) is 5.64. The Morgan fingerprint density at radius 2 is 1.82 bits per heavy atom. The van der Waals surface area contributed by atoms with E-state index in [0.717, 1.165) is 29.1 Å². The summed E-state index contributed by atoms with van der Waals surface area (Å²) in [5, 5.41) is 0. The van der Waals surface area contributed by atoms with E-state index >= 15 is 0 Å². The summed E-state index contributed by atoms with van der Waals surface area (Å²) in [5.74, 6) is 4.47. The highest BCUT2D eigenvalue weighted by atomic mass is 14.6. The monoisotopic (exact) mass is 150 g/mol. The molecule has 3 saturated carbocycles. The van der Waals surface area contributed by atoms with Crippen molar-refractivity contribution in [2.24, 2.45) is 29.1 Å². The lowest BCUT2D eigenvalue weighted by Crippen LogP contribution is -2.42. The summed E-state index contributed by atoms with van der Waals surface area (Å²) >= 11 is 0. The van der Waals surface area contributed by atoms with Crippen LogP contribution in [0.15, 0.2) is 0 Å². The first-order valence-electron chi connectivity index (χ1n) is 5.19. The van der Waals surface area contributed by atoms with Gasteiger partial charge in [-0.25, -0.2) is 0 Å². The molecule has 5 atom stereocenters. The molecule has 0 heteroatoms. The zero-order valence-corrected chi connectivity index (χ0v) is 7.64. The Morgan fingerprint density at radius 1 is 1.09 bits per heavy atom. The molecule has 0 aliphatic heterocycles. The Bertz CT molecular complexity index is 194. The van der Waals surface area contributed by atoms with Gasteiger partial charge >= 0.3 is 0 Å². The standard InChI is InChI=1S/C11H18/c1-7-3-9-6-11(2)5-8(7)4-10(9)11/h7-10H,3-6H2,1-2H3. The molecule has 3 aliphatic rings. The van der Waals surface area contributed by atoms with Crippen molar-refractivity contribution in [1.29, 1.82) is 0 Å². The van der Waals surface area contributed by atoms with Crippen LogP contribution in [0.25, 0.3) is 0 Å². The van der Waals surface area contributed by atoms with E-state index in [2.05, 4.69) is 13.8 Å². The molecule has 0 aromatic carbocycles. The number of rotatable bonds is 0. The smallest absolute Gasteiger partial charge is 0.0289 e. The Hall–Kier alpha value is 0. The van der Waals surface area contributed by atoms with E-state index in [0.29, 0.717) is 0 Å². The van der Waals surface area contributed by atoms with Crippen LogP contribution in [0.4, 0.5) is 0 Å². The van der Waals surface area contributed by atoms with Gasteiger partial charge in [0.25, 0.3) is 0 Å². The van der Waals surface area contributed by atoms with Crippen LogP contribution in [0.5, 0.6) is 0 Å². The van der Waals surface area contributed by atoms with Crippen molar-refractivity contribution in [3.63, 3.8) is 0 Å². The molecule has 0 heterocycles. The number of hydrogen-bond acceptors (Lipinski definition) is 0. The van der Waals surface area contributed by atoms with Gasteiger partial charge < -0.3 is 0 Å². The highest BCUT2D eigenvalue weighted by Gasteiger charge is 2.59. The lowest BCUT2D eigenvalue weighted by Gasteiger charge is -2.50. The molecule has 3 rings (SSSR count). The predicted molar refractivity (Wildman–Crippen MR) is 46.2 cm³/mol. The molecule has 0 saturated heterocycles. The van der Waals surface area contributed by atoms with Crippen molar-refractivity contribution in [3.8, 4) is 0 Å². The second kappa shape index (κ2) is 1.67. The predicted octanol–water partition coefficient (Wildman–Crippen LogP) is 3.08. The van der Waals surface area contributed by atoms with Gasteiger partial charge in [0.15, 0.2) is 0 Å². The minimum atomic E-state index is 0.820. The zero-order valence-electron chi connectivity index (χ0n) is 7.64. The van der Waals surface area contributed by atoms with Gasteiger partial charge in [0, 0.05) is 0 Å². The fourth-order valence-corrected chi connectivity index (χ4v) is 4.37. The molecule has 2 bridgehead atoms. The normalized spacial score (nSPS) is 66.0. The summed E-state index contributed by atoms with van der Waals surface area (Å²) in [7, 11) is 0. The van der Waals surface area contributed by atoms with Crippen LogP contribution < -0.4 is 0 Å². The van der Waals surface area contributed by atoms with E-state index in [4.69, 9.17) is 0 Å². The van der Waals surface area contributed by atoms with Crippen LogP contribution in [0.2, 0.25) is 0 Å². The zero-order chi connectivity index (χ0) is 7.64. The topological polar surface area (TPSA) is 0 Å². The molecular formula is C11H18. The van der Waals surface area contributed by atoms with Crippen LogP contribution in [-0.4, -0.2) is 0 Å². The lowest BCUT2D eigenvalue weighted by molar-refractivity contribution is -0.0116. The van der Waals surface area contributed by atoms with Gasteiger partial charge in [-0.3, -0.25) is 0 Å². The minimum Gasteiger partial charge on any atom is -0.0622 e. The SMILES string of the molecule is CC1CC2CC3(C)CC1CC23. The maximum atomic E-state index is 2.53. The summed E-state index contributed by atoms with van der Waals surface area (Å²) in [4.78, 5) is 0. The average molecular weight is 150 g/mol. The highest BCUT2D eigenvalue weighted by molar-refractivity contribution is 5.09. The average Bonchev–Trinajstić information content (AvgIpc) is 2.05. The molecule has 0 aromatic heterocycles. The van der Waals surface area contributed by atoms with E-state index in [1.54, 1.807) is 25.7 Å². The maximum Gasteiger partial charge on any atom is -0.0289 e. The molecule has 0 spiro atoms. The Kier molecular flexibility index (Phi) is 0.990. The van der Waals surface area contributed by atoms with Crippen LogP contribution in [0, 0.1) is 29.1 Å². The molecule has 0 N–H and O–H groups in total. The molecule has 0 radical (unpaired) electrons. The summed E-state index contributed by atoms with van der Waals surface area (Å²) in [6, 6.07) is 0. The van der Waals surface area contributed by atoms with Gasteiger partial charge in [0.1, 0.15) is 0 Å². The first-order valence-corrected chi connectivity index (χ1v) is 5.19. The van der Waals surface area contributed by atoms with Gasteiger partial charge in [-0.2, -0.15) is 0 Å². The third-order valence-electron chi connectivity index (χ3n) is 4.96. The third kappa shape index (κ3) is 0.625. The largest absolute Gasteiger partial charge is 0.0622 e. The van der Waals surface area contributed by atoms with Gasteiger partial charge in [-0.05, 0) is 54.8 Å². The van der Waals surface area contributed by atoms with E-state index in [1.165, 1.54) is 0 Å². The first kappa shape index (κ1) is 6.51. The maximum absolute atomic E-state index is 2.53. The van der Waals surface area contributed by atoms with Crippen molar-refractivity contribution in [3.05, 3.63) is 0 Å². The van der Waals surface area contributed by atoms with Crippen molar-refractivity contribution in [2.75, 3.05) is 0 Å². The minimum absolute atomic E-state index is 0.820. The summed E-state index contributed by atoms with van der Waals surface area (Å²) in [6.45, 7) is 5.01. The van der Waals surface area contributed by atoms with E-state index in [-0.39, 0.29) is 0 Å². The molecule has 0 amide bonds. The fraction of sp³-hybridized carbons (Fsp3) is 1.00. The molecular weight excluding hydrogens is 132 g/mol. The van der Waals surface area contributed by atoms with E-state index in [9.17, 15) is 0 Å². The Balaban J connectivity index is 1.95. The lowest BCUT2D eigenvalue weighted by atomic mass is 9.54.